The van der Waals surface area contributed by atoms with E-state index in [2.05, 4.69) is 26.8 Å². The molecule has 0 bridgehead atoms. The zero-order valence-electron chi connectivity index (χ0n) is 19.8. The highest BCUT2D eigenvalue weighted by atomic mass is 16.5. The molecule has 1 aliphatic heterocycles. The van der Waals surface area contributed by atoms with Crippen molar-refractivity contribution in [2.45, 2.75) is 65.4 Å². The molecule has 0 fully saturated rings. The minimum atomic E-state index is -0.356. The van der Waals surface area contributed by atoms with E-state index in [-0.39, 0.29) is 45.3 Å². The van der Waals surface area contributed by atoms with Crippen LogP contribution in [0.1, 0.15) is 64.5 Å². The number of hydrogen-bond acceptors (Lipinski definition) is 5. The summed E-state index contributed by atoms with van der Waals surface area (Å²) in [5.41, 5.74) is 3.47. The molecule has 33 heavy (non-hydrogen) atoms. The van der Waals surface area contributed by atoms with Crippen LogP contribution in [0.2, 0.25) is 0 Å². The third kappa shape index (κ3) is 3.33. The fourth-order valence-corrected chi connectivity index (χ4v) is 5.54. The average molecular weight is 447 g/mol. The van der Waals surface area contributed by atoms with Crippen LogP contribution in [0, 0.1) is 5.92 Å². The van der Waals surface area contributed by atoms with Gasteiger partial charge in [-0.15, -0.1) is 0 Å². The SMILES string of the molecule is CC(C)=CCc1c(O)cc2oc3ccc4c(c3c(=O)c2c1O)C1C=C(C)CCC1C(C)(C)O4. The molecule has 172 valence electrons. The Bertz CT molecular complexity index is 1420. The highest BCUT2D eigenvalue weighted by Crippen LogP contribution is 2.52. The molecule has 2 N–H and O–H groups in total. The summed E-state index contributed by atoms with van der Waals surface area (Å²) in [5, 5.41) is 22.1. The number of ether oxygens (including phenoxy) is 1. The first kappa shape index (κ1) is 21.6. The molecular formula is C28H30O5. The Morgan fingerprint density at radius 1 is 1.18 bits per heavy atom. The van der Waals surface area contributed by atoms with E-state index in [0.717, 1.165) is 24.0 Å². The van der Waals surface area contributed by atoms with Crippen molar-refractivity contribution in [3.63, 3.8) is 0 Å². The van der Waals surface area contributed by atoms with Crippen LogP contribution in [0.25, 0.3) is 21.9 Å². The van der Waals surface area contributed by atoms with Crippen molar-refractivity contribution >= 4 is 21.9 Å². The van der Waals surface area contributed by atoms with Crippen LogP contribution in [0.3, 0.4) is 0 Å². The van der Waals surface area contributed by atoms with Crippen molar-refractivity contribution in [2.75, 3.05) is 0 Å². The van der Waals surface area contributed by atoms with Gasteiger partial charge in [-0.25, -0.2) is 0 Å². The normalized spacial score (nSPS) is 21.2. The summed E-state index contributed by atoms with van der Waals surface area (Å²) in [6, 6.07) is 5.04. The van der Waals surface area contributed by atoms with E-state index in [1.807, 2.05) is 26.0 Å². The summed E-state index contributed by atoms with van der Waals surface area (Å²) in [5.74, 6) is 0.644. The average Bonchev–Trinajstić information content (AvgIpc) is 2.72. The number of rotatable bonds is 2. The van der Waals surface area contributed by atoms with E-state index in [4.69, 9.17) is 9.15 Å². The second-order valence-electron chi connectivity index (χ2n) is 10.3. The van der Waals surface area contributed by atoms with Crippen molar-refractivity contribution < 1.29 is 19.4 Å². The predicted molar refractivity (Wildman–Crippen MR) is 130 cm³/mol. The van der Waals surface area contributed by atoms with Crippen molar-refractivity contribution in [1.29, 1.82) is 0 Å². The maximum atomic E-state index is 13.9. The lowest BCUT2D eigenvalue weighted by Gasteiger charge is -2.46. The molecule has 0 saturated carbocycles. The Kier molecular flexibility index (Phi) is 4.85. The Morgan fingerprint density at radius 2 is 1.94 bits per heavy atom. The number of phenolic OH excluding ortho intramolecular Hbond substituents is 2. The van der Waals surface area contributed by atoms with Gasteiger partial charge in [0, 0.05) is 29.0 Å². The van der Waals surface area contributed by atoms with Gasteiger partial charge in [0.05, 0.1) is 5.39 Å². The molecule has 2 heterocycles. The highest BCUT2D eigenvalue weighted by molar-refractivity contribution is 5.97. The minimum absolute atomic E-state index is 0.0333. The first-order valence-corrected chi connectivity index (χ1v) is 11.6. The molecule has 2 aromatic carbocycles. The van der Waals surface area contributed by atoms with Gasteiger partial charge < -0.3 is 19.4 Å². The summed E-state index contributed by atoms with van der Waals surface area (Å²) in [6.07, 6.45) is 6.49. The molecule has 5 rings (SSSR count). The van der Waals surface area contributed by atoms with Gasteiger partial charge in [0.25, 0.3) is 0 Å². The fourth-order valence-electron chi connectivity index (χ4n) is 5.54. The molecule has 2 aliphatic rings. The number of benzene rings is 2. The lowest BCUT2D eigenvalue weighted by Crippen LogP contribution is -2.45. The topological polar surface area (TPSA) is 79.9 Å². The zero-order chi connectivity index (χ0) is 23.7. The smallest absolute Gasteiger partial charge is 0.204 e. The number of aromatic hydroxyl groups is 2. The standard InChI is InChI=1S/C28H30O5/c1-14(2)6-8-16-19(29)13-22-25(26(16)30)27(31)24-20(32-22)10-11-21-23(24)17-12-15(3)7-9-18(17)28(4,5)33-21/h6,10-13,17-18,29-30H,7-9H2,1-5H3. The van der Waals surface area contributed by atoms with Crippen LogP contribution in [-0.4, -0.2) is 15.8 Å². The van der Waals surface area contributed by atoms with E-state index < -0.39 is 0 Å². The zero-order valence-corrected chi connectivity index (χ0v) is 19.8. The third-order valence-corrected chi connectivity index (χ3v) is 7.25. The van der Waals surface area contributed by atoms with Crippen LogP contribution in [0.5, 0.6) is 17.2 Å². The van der Waals surface area contributed by atoms with Gasteiger partial charge in [-0.1, -0.05) is 23.3 Å². The fraction of sp³-hybridized carbons (Fsp3) is 0.393. The highest BCUT2D eigenvalue weighted by Gasteiger charge is 2.45. The number of phenols is 2. The Labute approximate surface area is 193 Å². The molecule has 1 aliphatic carbocycles. The maximum absolute atomic E-state index is 13.9. The molecular weight excluding hydrogens is 416 g/mol. The molecule has 2 unspecified atom stereocenters. The number of hydrogen-bond donors (Lipinski definition) is 2. The molecule has 0 amide bonds. The lowest BCUT2D eigenvalue weighted by molar-refractivity contribution is 0.0122. The van der Waals surface area contributed by atoms with Crippen molar-refractivity contribution in [2.24, 2.45) is 5.92 Å². The van der Waals surface area contributed by atoms with Gasteiger partial charge in [-0.2, -0.15) is 0 Å². The van der Waals surface area contributed by atoms with E-state index >= 15 is 0 Å². The summed E-state index contributed by atoms with van der Waals surface area (Å²) in [6.45, 7) is 10.2. The van der Waals surface area contributed by atoms with Crippen molar-refractivity contribution in [3.8, 4) is 17.2 Å². The number of fused-ring (bicyclic) bond motifs is 6. The van der Waals surface area contributed by atoms with Crippen LogP contribution >= 0.6 is 0 Å². The van der Waals surface area contributed by atoms with E-state index in [9.17, 15) is 15.0 Å². The molecule has 5 nitrogen and oxygen atoms in total. The maximum Gasteiger partial charge on any atom is 0.204 e. The lowest BCUT2D eigenvalue weighted by atomic mass is 9.67. The quantitative estimate of drug-likeness (QED) is 0.348. The van der Waals surface area contributed by atoms with Gasteiger partial charge in [0.2, 0.25) is 5.43 Å². The molecule has 3 aromatic rings. The monoisotopic (exact) mass is 446 g/mol. The van der Waals surface area contributed by atoms with Gasteiger partial charge in [-0.3, -0.25) is 4.79 Å². The van der Waals surface area contributed by atoms with Crippen molar-refractivity contribution in [1.82, 2.24) is 0 Å². The van der Waals surface area contributed by atoms with Crippen LogP contribution in [0.15, 0.2) is 50.7 Å². The van der Waals surface area contributed by atoms with Gasteiger partial charge in [-0.05, 0) is 66.0 Å². The molecule has 1 aromatic heterocycles. The van der Waals surface area contributed by atoms with E-state index in [1.54, 1.807) is 6.07 Å². The second-order valence-corrected chi connectivity index (χ2v) is 10.3. The van der Waals surface area contributed by atoms with Crippen LogP contribution in [-0.2, 0) is 6.42 Å². The number of allylic oxidation sites excluding steroid dienone is 4. The Morgan fingerprint density at radius 3 is 2.67 bits per heavy atom. The molecule has 0 radical (unpaired) electrons. The molecule has 0 saturated heterocycles. The molecule has 5 heteroatoms. The van der Waals surface area contributed by atoms with Gasteiger partial charge in [0.1, 0.15) is 39.4 Å². The van der Waals surface area contributed by atoms with Gasteiger partial charge in [0.15, 0.2) is 0 Å². The molecule has 2 atom stereocenters. The largest absolute Gasteiger partial charge is 0.507 e. The van der Waals surface area contributed by atoms with E-state index in [0.29, 0.717) is 28.7 Å². The van der Waals surface area contributed by atoms with Crippen LogP contribution < -0.4 is 10.2 Å². The first-order valence-electron chi connectivity index (χ1n) is 11.6. The Hall–Kier alpha value is -3.21. The Balaban J connectivity index is 1.85. The molecule has 0 spiro atoms. The van der Waals surface area contributed by atoms with Gasteiger partial charge >= 0.3 is 0 Å². The minimum Gasteiger partial charge on any atom is -0.507 e. The predicted octanol–water partition coefficient (Wildman–Crippen LogP) is 6.48. The summed E-state index contributed by atoms with van der Waals surface area (Å²) in [4.78, 5) is 13.9. The second kappa shape index (κ2) is 7.41. The summed E-state index contributed by atoms with van der Waals surface area (Å²) < 4.78 is 12.5. The van der Waals surface area contributed by atoms with Crippen molar-refractivity contribution in [3.05, 3.63) is 62.8 Å². The summed E-state index contributed by atoms with van der Waals surface area (Å²) >= 11 is 0. The van der Waals surface area contributed by atoms with Crippen LogP contribution in [0.4, 0.5) is 0 Å². The summed E-state index contributed by atoms with van der Waals surface area (Å²) in [7, 11) is 0. The first-order chi connectivity index (χ1) is 15.6. The third-order valence-electron chi connectivity index (χ3n) is 7.25. The van der Waals surface area contributed by atoms with E-state index in [1.165, 1.54) is 11.6 Å².